The molecule has 0 atom stereocenters. The van der Waals surface area contributed by atoms with Crippen molar-refractivity contribution in [2.24, 2.45) is 17.8 Å². The molecule has 2 saturated carbocycles. The van der Waals surface area contributed by atoms with Gasteiger partial charge >= 0.3 is 0 Å². The minimum Gasteiger partial charge on any atom is -0.0654 e. The number of rotatable bonds is 12. The van der Waals surface area contributed by atoms with Crippen LogP contribution in [0.15, 0.2) is 24.3 Å². The van der Waals surface area contributed by atoms with Crippen molar-refractivity contribution in [3.05, 3.63) is 35.4 Å². The molecule has 0 unspecified atom stereocenters. The molecule has 0 nitrogen and oxygen atoms in total. The Bertz CT molecular complexity index is 540. The highest BCUT2D eigenvalue weighted by molar-refractivity contribution is 5.26. The van der Waals surface area contributed by atoms with E-state index in [9.17, 15) is 0 Å². The first-order chi connectivity index (χ1) is 14.8. The Morgan fingerprint density at radius 3 is 1.77 bits per heavy atom. The van der Waals surface area contributed by atoms with Crippen molar-refractivity contribution < 1.29 is 0 Å². The highest BCUT2D eigenvalue weighted by Gasteiger charge is 2.22. The minimum atomic E-state index is 0.837. The first-order valence-electron chi connectivity index (χ1n) is 13.9. The van der Waals surface area contributed by atoms with E-state index in [-0.39, 0.29) is 0 Å². The number of unbranched alkanes of at least 4 members (excludes halogenated alkanes) is 4. The number of hydrogen-bond donors (Lipinski definition) is 0. The van der Waals surface area contributed by atoms with Gasteiger partial charge in [0.25, 0.3) is 0 Å². The molecule has 3 rings (SSSR count). The van der Waals surface area contributed by atoms with Crippen LogP contribution in [0.25, 0.3) is 0 Å². The molecular formula is C30H50. The zero-order valence-corrected chi connectivity index (χ0v) is 20.3. The molecule has 30 heavy (non-hydrogen) atoms. The standard InChI is InChI=1S/C30H50/c1-3-5-6-7-8-10-26-17-21-29(22-18-26)30-23-19-28(20-24-30)16-15-27-13-11-25(9-4-2)12-14-27/h19-20,23-27,29H,3-18,21-22H2,1-2H3/t25-,26-,27-,29-. The van der Waals surface area contributed by atoms with Crippen molar-refractivity contribution in [3.63, 3.8) is 0 Å². The fourth-order valence-corrected chi connectivity index (χ4v) is 6.37. The molecule has 0 N–H and O–H groups in total. The topological polar surface area (TPSA) is 0 Å². The molecular weight excluding hydrogens is 360 g/mol. The number of aryl methyl sites for hydroxylation is 1. The molecule has 0 heterocycles. The Labute approximate surface area is 188 Å². The van der Waals surface area contributed by atoms with E-state index in [0.717, 1.165) is 23.7 Å². The molecule has 0 saturated heterocycles. The average molecular weight is 411 g/mol. The van der Waals surface area contributed by atoms with Gasteiger partial charge in [-0.1, -0.05) is 115 Å². The third-order valence-electron chi connectivity index (χ3n) is 8.52. The van der Waals surface area contributed by atoms with E-state index in [2.05, 4.69) is 38.1 Å². The summed E-state index contributed by atoms with van der Waals surface area (Å²) in [6.45, 7) is 4.66. The Balaban J connectivity index is 1.32. The summed E-state index contributed by atoms with van der Waals surface area (Å²) >= 11 is 0. The van der Waals surface area contributed by atoms with Crippen molar-refractivity contribution in [2.45, 2.75) is 135 Å². The largest absolute Gasteiger partial charge is 0.0654 e. The SMILES string of the molecule is CCCCCCC[C@H]1CC[C@H](c2ccc(CC[C@H]3CC[C@H](CCC)CC3)cc2)CC1. The third kappa shape index (κ3) is 8.05. The van der Waals surface area contributed by atoms with Crippen LogP contribution in [0.4, 0.5) is 0 Å². The molecule has 2 aliphatic carbocycles. The van der Waals surface area contributed by atoms with E-state index in [0.29, 0.717) is 0 Å². The van der Waals surface area contributed by atoms with Gasteiger partial charge in [-0.2, -0.15) is 0 Å². The number of hydrogen-bond acceptors (Lipinski definition) is 0. The number of benzene rings is 1. The van der Waals surface area contributed by atoms with Crippen LogP contribution in [0.5, 0.6) is 0 Å². The Morgan fingerprint density at radius 2 is 1.13 bits per heavy atom. The molecule has 0 bridgehead atoms. The van der Waals surface area contributed by atoms with Gasteiger partial charge in [0.15, 0.2) is 0 Å². The monoisotopic (exact) mass is 410 g/mol. The lowest BCUT2D eigenvalue weighted by Crippen LogP contribution is -2.15. The minimum absolute atomic E-state index is 0.837. The summed E-state index contributed by atoms with van der Waals surface area (Å²) in [5, 5.41) is 0. The maximum Gasteiger partial charge on any atom is -0.0162 e. The van der Waals surface area contributed by atoms with Gasteiger partial charge in [0.1, 0.15) is 0 Å². The van der Waals surface area contributed by atoms with E-state index in [1.54, 1.807) is 11.1 Å². The molecule has 1 aromatic rings. The second kappa shape index (κ2) is 13.6. The first kappa shape index (κ1) is 23.9. The molecule has 2 aliphatic rings. The maximum absolute atomic E-state index is 2.48. The summed E-state index contributed by atoms with van der Waals surface area (Å²) in [6, 6.07) is 9.86. The maximum atomic E-state index is 2.48. The summed E-state index contributed by atoms with van der Waals surface area (Å²) in [7, 11) is 0. The normalized spacial score (nSPS) is 27.3. The summed E-state index contributed by atoms with van der Waals surface area (Å²) in [5.74, 6) is 3.90. The van der Waals surface area contributed by atoms with Crippen molar-refractivity contribution in [1.82, 2.24) is 0 Å². The van der Waals surface area contributed by atoms with Crippen LogP contribution in [0.2, 0.25) is 0 Å². The highest BCUT2D eigenvalue weighted by Crippen LogP contribution is 2.38. The smallest absolute Gasteiger partial charge is 0.0162 e. The van der Waals surface area contributed by atoms with Gasteiger partial charge in [-0.3, -0.25) is 0 Å². The lowest BCUT2D eigenvalue weighted by Gasteiger charge is -2.29. The molecule has 170 valence electrons. The van der Waals surface area contributed by atoms with Crippen molar-refractivity contribution in [3.8, 4) is 0 Å². The fourth-order valence-electron chi connectivity index (χ4n) is 6.37. The molecule has 0 radical (unpaired) electrons. The van der Waals surface area contributed by atoms with E-state index in [1.165, 1.54) is 116 Å². The van der Waals surface area contributed by atoms with E-state index >= 15 is 0 Å². The fraction of sp³-hybridized carbons (Fsp3) is 0.800. The first-order valence-corrected chi connectivity index (χ1v) is 13.9. The Kier molecular flexibility index (Phi) is 10.8. The van der Waals surface area contributed by atoms with Crippen LogP contribution in [-0.4, -0.2) is 0 Å². The highest BCUT2D eigenvalue weighted by atomic mass is 14.3. The summed E-state index contributed by atoms with van der Waals surface area (Å²) in [4.78, 5) is 0. The molecule has 0 spiro atoms. The van der Waals surface area contributed by atoms with Gasteiger partial charge in [-0.25, -0.2) is 0 Å². The second-order valence-corrected chi connectivity index (χ2v) is 10.9. The summed E-state index contributed by atoms with van der Waals surface area (Å²) in [6.07, 6.45) is 26.0. The van der Waals surface area contributed by atoms with Gasteiger partial charge in [-0.15, -0.1) is 0 Å². The van der Waals surface area contributed by atoms with Crippen molar-refractivity contribution in [1.29, 1.82) is 0 Å². The zero-order chi connectivity index (χ0) is 21.0. The van der Waals surface area contributed by atoms with Crippen LogP contribution in [-0.2, 0) is 6.42 Å². The molecule has 1 aromatic carbocycles. The molecule has 2 fully saturated rings. The second-order valence-electron chi connectivity index (χ2n) is 10.9. The third-order valence-corrected chi connectivity index (χ3v) is 8.52. The molecule has 0 aromatic heterocycles. The van der Waals surface area contributed by atoms with Crippen LogP contribution in [0.1, 0.15) is 140 Å². The molecule has 0 aliphatic heterocycles. The predicted molar refractivity (Wildman–Crippen MR) is 133 cm³/mol. The van der Waals surface area contributed by atoms with Gasteiger partial charge < -0.3 is 0 Å². The van der Waals surface area contributed by atoms with E-state index in [1.807, 2.05) is 0 Å². The van der Waals surface area contributed by atoms with Crippen LogP contribution >= 0.6 is 0 Å². The Hall–Kier alpha value is -0.780. The summed E-state index contributed by atoms with van der Waals surface area (Å²) < 4.78 is 0. The predicted octanol–water partition coefficient (Wildman–Crippen LogP) is 9.86. The van der Waals surface area contributed by atoms with Crippen LogP contribution < -0.4 is 0 Å². The lowest BCUT2D eigenvalue weighted by molar-refractivity contribution is 0.252. The molecule has 0 amide bonds. The van der Waals surface area contributed by atoms with Crippen molar-refractivity contribution in [2.75, 3.05) is 0 Å². The van der Waals surface area contributed by atoms with E-state index in [4.69, 9.17) is 0 Å². The van der Waals surface area contributed by atoms with Crippen molar-refractivity contribution >= 4 is 0 Å². The van der Waals surface area contributed by atoms with Gasteiger partial charge in [0.05, 0.1) is 0 Å². The quantitative estimate of drug-likeness (QED) is 0.301. The lowest BCUT2D eigenvalue weighted by atomic mass is 9.76. The zero-order valence-electron chi connectivity index (χ0n) is 20.3. The van der Waals surface area contributed by atoms with Gasteiger partial charge in [0, 0.05) is 0 Å². The molecule has 0 heteroatoms. The van der Waals surface area contributed by atoms with Crippen LogP contribution in [0, 0.1) is 17.8 Å². The van der Waals surface area contributed by atoms with Crippen LogP contribution in [0.3, 0.4) is 0 Å². The van der Waals surface area contributed by atoms with E-state index < -0.39 is 0 Å². The Morgan fingerprint density at radius 1 is 0.567 bits per heavy atom. The average Bonchev–Trinajstić information content (AvgIpc) is 2.79. The summed E-state index contributed by atoms with van der Waals surface area (Å²) in [5.41, 5.74) is 3.20. The van der Waals surface area contributed by atoms with Gasteiger partial charge in [-0.05, 0) is 73.3 Å². The van der Waals surface area contributed by atoms with Gasteiger partial charge in [0.2, 0.25) is 0 Å².